The van der Waals surface area contributed by atoms with Gasteiger partial charge in [0, 0.05) is 0 Å². The van der Waals surface area contributed by atoms with Gasteiger partial charge in [-0.25, -0.2) is 4.39 Å². The highest BCUT2D eigenvalue weighted by atomic mass is 19.1. The molecule has 20 heavy (non-hydrogen) atoms. The Morgan fingerprint density at radius 2 is 2.00 bits per heavy atom. The molecule has 4 atom stereocenters. The first-order valence-electron chi connectivity index (χ1n) is 8.64. The van der Waals surface area contributed by atoms with E-state index in [2.05, 4.69) is 34.3 Å². The van der Waals surface area contributed by atoms with Crippen molar-refractivity contribution >= 4 is 0 Å². The Morgan fingerprint density at radius 3 is 2.40 bits per heavy atom. The van der Waals surface area contributed by atoms with Crippen LogP contribution in [0.4, 0.5) is 4.39 Å². The molecular formula is C19H35F. The van der Waals surface area contributed by atoms with Gasteiger partial charge in [0.2, 0.25) is 0 Å². The van der Waals surface area contributed by atoms with E-state index in [-0.39, 0.29) is 5.41 Å². The van der Waals surface area contributed by atoms with Gasteiger partial charge >= 0.3 is 0 Å². The summed E-state index contributed by atoms with van der Waals surface area (Å²) >= 11 is 0. The van der Waals surface area contributed by atoms with Crippen LogP contribution in [0.15, 0.2) is 12.2 Å². The molecule has 0 aliphatic heterocycles. The molecule has 1 saturated carbocycles. The molecule has 0 saturated heterocycles. The average molecular weight is 282 g/mol. The molecule has 4 unspecified atom stereocenters. The van der Waals surface area contributed by atoms with Gasteiger partial charge in [0.1, 0.15) is 0 Å². The Balaban J connectivity index is 2.68. The van der Waals surface area contributed by atoms with E-state index in [1.54, 1.807) is 6.92 Å². The molecule has 0 radical (unpaired) electrons. The standard InChI is InChI=1S/C19H35F/c1-7-11-19(9-3,14-16(5)20)12-10-17-15(4)13-18(17,6)8-2/h16-17H,4,7-14H2,1-3,5-6H3. The number of halogens is 1. The van der Waals surface area contributed by atoms with Gasteiger partial charge in [-0.1, -0.05) is 52.7 Å². The van der Waals surface area contributed by atoms with E-state index in [4.69, 9.17) is 0 Å². The molecule has 0 aromatic heterocycles. The number of hydrogen-bond donors (Lipinski definition) is 0. The van der Waals surface area contributed by atoms with Gasteiger partial charge in [-0.05, 0) is 62.2 Å². The van der Waals surface area contributed by atoms with Gasteiger partial charge in [-0.2, -0.15) is 0 Å². The first kappa shape index (κ1) is 17.7. The summed E-state index contributed by atoms with van der Waals surface area (Å²) in [5, 5.41) is 0. The summed E-state index contributed by atoms with van der Waals surface area (Å²) in [6, 6.07) is 0. The van der Waals surface area contributed by atoms with Crippen LogP contribution in [0, 0.1) is 16.7 Å². The highest BCUT2D eigenvalue weighted by Crippen LogP contribution is 2.55. The number of alkyl halides is 1. The molecule has 0 spiro atoms. The van der Waals surface area contributed by atoms with Crippen LogP contribution in [0.25, 0.3) is 0 Å². The molecule has 1 fully saturated rings. The zero-order valence-electron chi connectivity index (χ0n) is 14.4. The summed E-state index contributed by atoms with van der Waals surface area (Å²) in [6.45, 7) is 15.1. The van der Waals surface area contributed by atoms with E-state index in [0.29, 0.717) is 11.3 Å². The summed E-state index contributed by atoms with van der Waals surface area (Å²) in [6.07, 6.45) is 8.31. The largest absolute Gasteiger partial charge is 0.248 e. The number of allylic oxidation sites excluding steroid dienone is 1. The fourth-order valence-electron chi connectivity index (χ4n) is 4.46. The summed E-state index contributed by atoms with van der Waals surface area (Å²) < 4.78 is 13.6. The van der Waals surface area contributed by atoms with Crippen molar-refractivity contribution in [1.82, 2.24) is 0 Å². The Bertz CT molecular complexity index is 320. The monoisotopic (exact) mass is 282 g/mol. The van der Waals surface area contributed by atoms with Gasteiger partial charge < -0.3 is 0 Å². The fourth-order valence-corrected chi connectivity index (χ4v) is 4.46. The maximum absolute atomic E-state index is 13.6. The van der Waals surface area contributed by atoms with E-state index in [1.807, 2.05) is 0 Å². The first-order chi connectivity index (χ1) is 9.32. The van der Waals surface area contributed by atoms with Crippen LogP contribution in [-0.4, -0.2) is 6.17 Å². The van der Waals surface area contributed by atoms with Gasteiger partial charge in [0.25, 0.3) is 0 Å². The van der Waals surface area contributed by atoms with Crippen molar-refractivity contribution in [2.45, 2.75) is 92.2 Å². The van der Waals surface area contributed by atoms with Gasteiger partial charge in [0.15, 0.2) is 0 Å². The molecule has 0 aromatic rings. The van der Waals surface area contributed by atoms with Gasteiger partial charge in [-0.3, -0.25) is 0 Å². The predicted octanol–water partition coefficient (Wildman–Crippen LogP) is 6.70. The predicted molar refractivity (Wildman–Crippen MR) is 87.7 cm³/mol. The van der Waals surface area contributed by atoms with Crippen LogP contribution >= 0.6 is 0 Å². The minimum Gasteiger partial charge on any atom is -0.248 e. The van der Waals surface area contributed by atoms with E-state index in [1.165, 1.54) is 37.7 Å². The van der Waals surface area contributed by atoms with Crippen LogP contribution in [0.2, 0.25) is 0 Å². The Morgan fingerprint density at radius 1 is 1.35 bits per heavy atom. The molecule has 1 aliphatic rings. The molecule has 1 rings (SSSR count). The molecule has 0 heterocycles. The third-order valence-electron chi connectivity index (χ3n) is 5.98. The number of hydrogen-bond acceptors (Lipinski definition) is 0. The van der Waals surface area contributed by atoms with Crippen LogP contribution in [0.3, 0.4) is 0 Å². The van der Waals surface area contributed by atoms with E-state index >= 15 is 0 Å². The minimum atomic E-state index is -0.677. The lowest BCUT2D eigenvalue weighted by atomic mass is 9.54. The second-order valence-electron chi connectivity index (χ2n) is 7.52. The lowest BCUT2D eigenvalue weighted by Crippen LogP contribution is -2.40. The van der Waals surface area contributed by atoms with Crippen molar-refractivity contribution in [2.75, 3.05) is 0 Å². The highest BCUT2D eigenvalue weighted by molar-refractivity contribution is 5.19. The van der Waals surface area contributed by atoms with Gasteiger partial charge in [-0.15, -0.1) is 0 Å². The molecule has 118 valence electrons. The van der Waals surface area contributed by atoms with Crippen molar-refractivity contribution in [3.05, 3.63) is 12.2 Å². The van der Waals surface area contributed by atoms with E-state index in [9.17, 15) is 4.39 Å². The van der Waals surface area contributed by atoms with Crippen LogP contribution in [0.1, 0.15) is 86.0 Å². The van der Waals surface area contributed by atoms with E-state index in [0.717, 1.165) is 19.3 Å². The summed E-state index contributed by atoms with van der Waals surface area (Å²) in [7, 11) is 0. The first-order valence-corrected chi connectivity index (χ1v) is 8.64. The zero-order chi connectivity index (χ0) is 15.4. The second-order valence-corrected chi connectivity index (χ2v) is 7.52. The van der Waals surface area contributed by atoms with Crippen molar-refractivity contribution in [3.63, 3.8) is 0 Å². The Labute approximate surface area is 126 Å². The van der Waals surface area contributed by atoms with E-state index < -0.39 is 6.17 Å². The lowest BCUT2D eigenvalue weighted by Gasteiger charge is -2.50. The van der Waals surface area contributed by atoms with Crippen molar-refractivity contribution in [3.8, 4) is 0 Å². The molecule has 0 amide bonds. The quantitative estimate of drug-likeness (QED) is 0.412. The second kappa shape index (κ2) is 7.09. The summed E-state index contributed by atoms with van der Waals surface area (Å²) in [5.41, 5.74) is 2.11. The normalized spacial score (nSPS) is 30.7. The fraction of sp³-hybridized carbons (Fsp3) is 0.895. The van der Waals surface area contributed by atoms with Gasteiger partial charge in [0.05, 0.1) is 6.17 Å². The molecule has 0 bridgehead atoms. The third kappa shape index (κ3) is 3.86. The molecule has 1 heteroatoms. The highest BCUT2D eigenvalue weighted by Gasteiger charge is 2.44. The topological polar surface area (TPSA) is 0 Å². The summed E-state index contributed by atoms with van der Waals surface area (Å²) in [4.78, 5) is 0. The molecular weight excluding hydrogens is 247 g/mol. The average Bonchev–Trinajstić information content (AvgIpc) is 2.37. The smallest absolute Gasteiger partial charge is 0.0978 e. The van der Waals surface area contributed by atoms with Crippen molar-refractivity contribution in [1.29, 1.82) is 0 Å². The maximum atomic E-state index is 13.6. The number of rotatable bonds is 9. The molecule has 0 nitrogen and oxygen atoms in total. The van der Waals surface area contributed by atoms with Crippen LogP contribution in [-0.2, 0) is 0 Å². The lowest BCUT2D eigenvalue weighted by molar-refractivity contribution is 0.0778. The Hall–Kier alpha value is -0.330. The molecule has 0 aromatic carbocycles. The maximum Gasteiger partial charge on any atom is 0.0978 e. The Kier molecular flexibility index (Phi) is 6.28. The summed E-state index contributed by atoms with van der Waals surface area (Å²) in [5.74, 6) is 0.671. The third-order valence-corrected chi connectivity index (χ3v) is 5.98. The molecule has 1 aliphatic carbocycles. The SMILES string of the molecule is C=C1CC(C)(CC)C1CCC(CC)(CCC)CC(C)F. The van der Waals surface area contributed by atoms with Crippen LogP contribution < -0.4 is 0 Å². The van der Waals surface area contributed by atoms with Crippen LogP contribution in [0.5, 0.6) is 0 Å². The van der Waals surface area contributed by atoms with Crippen molar-refractivity contribution < 1.29 is 4.39 Å². The molecule has 0 N–H and O–H groups in total. The minimum absolute atomic E-state index is 0.216. The zero-order valence-corrected chi connectivity index (χ0v) is 14.4. The van der Waals surface area contributed by atoms with Crippen molar-refractivity contribution in [2.24, 2.45) is 16.7 Å².